The van der Waals surface area contributed by atoms with Crippen molar-refractivity contribution in [3.8, 4) is 0 Å². The Kier molecular flexibility index (Phi) is 5.31. The van der Waals surface area contributed by atoms with Crippen LogP contribution in [0.25, 0.3) is 0 Å². The molecule has 1 atom stereocenters. The summed E-state index contributed by atoms with van der Waals surface area (Å²) in [6, 6.07) is 9.01. The average molecular weight is 384 g/mol. The van der Waals surface area contributed by atoms with Crippen LogP contribution in [0.2, 0.25) is 5.02 Å². The summed E-state index contributed by atoms with van der Waals surface area (Å²) in [6.07, 6.45) is 2.17. The predicted octanol–water partition coefficient (Wildman–Crippen LogP) is 2.54. The molecule has 2 amide bonds. The molecule has 1 aromatic carbocycles. The van der Waals surface area contributed by atoms with Crippen molar-refractivity contribution in [2.45, 2.75) is 30.4 Å². The number of urea groups is 1. The molecule has 0 aliphatic carbocycles. The van der Waals surface area contributed by atoms with Crippen LogP contribution < -0.4 is 10.6 Å². The van der Waals surface area contributed by atoms with Gasteiger partial charge in [0.15, 0.2) is 0 Å². The van der Waals surface area contributed by atoms with E-state index < -0.39 is 22.2 Å². The van der Waals surface area contributed by atoms with E-state index in [-0.39, 0.29) is 11.4 Å². The fourth-order valence-electron chi connectivity index (χ4n) is 2.70. The lowest BCUT2D eigenvalue weighted by Gasteiger charge is -2.25. The summed E-state index contributed by atoms with van der Waals surface area (Å²) in [7, 11) is -3.69. The fourth-order valence-corrected chi connectivity index (χ4v) is 4.44. The molecule has 1 fully saturated rings. The van der Waals surface area contributed by atoms with Gasteiger partial charge in [0, 0.05) is 11.6 Å². The highest BCUT2D eigenvalue weighted by Gasteiger charge is 2.36. The molecular weight excluding hydrogens is 366 g/mol. The van der Waals surface area contributed by atoms with Crippen LogP contribution in [0.5, 0.6) is 0 Å². The minimum absolute atomic E-state index is 0.154. The lowest BCUT2D eigenvalue weighted by molar-refractivity contribution is 0.227. The van der Waals surface area contributed by atoms with Crippen molar-refractivity contribution >= 4 is 27.7 Å². The molecule has 7 nitrogen and oxygen atoms in total. The number of furan rings is 1. The van der Waals surface area contributed by atoms with Gasteiger partial charge in [0.05, 0.1) is 23.9 Å². The van der Waals surface area contributed by atoms with Gasteiger partial charge in [-0.2, -0.15) is 4.31 Å². The number of rotatable bonds is 5. The number of amides is 2. The Labute approximate surface area is 151 Å². The predicted molar refractivity (Wildman–Crippen MR) is 92.4 cm³/mol. The smallest absolute Gasteiger partial charge is 0.316 e. The van der Waals surface area contributed by atoms with Crippen LogP contribution in [-0.2, 0) is 16.6 Å². The molecule has 25 heavy (non-hydrogen) atoms. The molecule has 1 aliphatic rings. The molecule has 1 saturated heterocycles. The number of nitrogens with one attached hydrogen (secondary N) is 2. The summed E-state index contributed by atoms with van der Waals surface area (Å²) < 4.78 is 32.0. The SMILES string of the molecule is O=C(NCc1ccco1)N[C@H]1CCCN1S(=O)(=O)c1ccc(Cl)cc1. The Balaban J connectivity index is 1.65. The number of hydrogen-bond donors (Lipinski definition) is 2. The Hall–Kier alpha value is -2.03. The number of halogens is 1. The minimum atomic E-state index is -3.69. The maximum atomic E-state index is 12.8. The topological polar surface area (TPSA) is 91.7 Å². The van der Waals surface area contributed by atoms with E-state index in [0.29, 0.717) is 30.2 Å². The molecule has 0 saturated carbocycles. The molecule has 1 aliphatic heterocycles. The first-order chi connectivity index (χ1) is 12.0. The van der Waals surface area contributed by atoms with Crippen LogP contribution in [0.1, 0.15) is 18.6 Å². The van der Waals surface area contributed by atoms with Crippen molar-refractivity contribution < 1.29 is 17.6 Å². The summed E-state index contributed by atoms with van der Waals surface area (Å²) >= 11 is 5.81. The van der Waals surface area contributed by atoms with Gasteiger partial charge in [-0.3, -0.25) is 0 Å². The summed E-state index contributed by atoms with van der Waals surface area (Å²) in [6.45, 7) is 0.587. The van der Waals surface area contributed by atoms with Gasteiger partial charge in [-0.25, -0.2) is 13.2 Å². The monoisotopic (exact) mass is 383 g/mol. The van der Waals surface area contributed by atoms with Crippen molar-refractivity contribution in [3.63, 3.8) is 0 Å². The number of nitrogens with zero attached hydrogens (tertiary/aromatic N) is 1. The van der Waals surface area contributed by atoms with E-state index in [1.165, 1.54) is 34.8 Å². The Morgan fingerprint density at radius 1 is 1.28 bits per heavy atom. The Morgan fingerprint density at radius 3 is 2.72 bits per heavy atom. The molecule has 0 spiro atoms. The van der Waals surface area contributed by atoms with Crippen molar-refractivity contribution in [2.75, 3.05) is 6.54 Å². The number of sulfonamides is 1. The molecular formula is C16H18ClN3O4S. The molecule has 2 heterocycles. The Morgan fingerprint density at radius 2 is 2.04 bits per heavy atom. The first-order valence-electron chi connectivity index (χ1n) is 7.81. The maximum Gasteiger partial charge on any atom is 0.316 e. The second-order valence-electron chi connectivity index (χ2n) is 5.63. The van der Waals surface area contributed by atoms with Crippen molar-refractivity contribution in [3.05, 3.63) is 53.4 Å². The highest BCUT2D eigenvalue weighted by Crippen LogP contribution is 2.25. The third kappa shape index (κ3) is 4.15. The molecule has 2 aromatic rings. The molecule has 2 N–H and O–H groups in total. The normalized spacial score (nSPS) is 18.2. The number of hydrogen-bond acceptors (Lipinski definition) is 4. The van der Waals surface area contributed by atoms with Gasteiger partial charge < -0.3 is 15.1 Å². The largest absolute Gasteiger partial charge is 0.467 e. The standard InChI is InChI=1S/C16H18ClN3O4S/c17-12-5-7-14(8-6-12)25(22,23)20-9-1-4-15(20)19-16(21)18-11-13-3-2-10-24-13/h2-3,5-8,10,15H,1,4,9,11H2,(H2,18,19,21)/t15-/m1/s1. The van der Waals surface area contributed by atoms with Crippen LogP contribution in [-0.4, -0.2) is 31.5 Å². The van der Waals surface area contributed by atoms with Crippen LogP contribution in [0.3, 0.4) is 0 Å². The number of carbonyl (C=O) groups is 1. The molecule has 0 radical (unpaired) electrons. The summed E-state index contributed by atoms with van der Waals surface area (Å²) in [4.78, 5) is 12.2. The van der Waals surface area contributed by atoms with E-state index in [9.17, 15) is 13.2 Å². The fraction of sp³-hybridized carbons (Fsp3) is 0.312. The first-order valence-corrected chi connectivity index (χ1v) is 9.63. The van der Waals surface area contributed by atoms with E-state index in [4.69, 9.17) is 16.0 Å². The van der Waals surface area contributed by atoms with Crippen molar-refractivity contribution in [2.24, 2.45) is 0 Å². The second-order valence-corrected chi connectivity index (χ2v) is 7.96. The van der Waals surface area contributed by atoms with Gasteiger partial charge in [0.1, 0.15) is 5.76 Å². The van der Waals surface area contributed by atoms with Crippen molar-refractivity contribution in [1.29, 1.82) is 0 Å². The molecule has 1 aromatic heterocycles. The van der Waals surface area contributed by atoms with Gasteiger partial charge >= 0.3 is 6.03 Å². The zero-order valence-corrected chi connectivity index (χ0v) is 14.9. The molecule has 134 valence electrons. The van der Waals surface area contributed by atoms with Gasteiger partial charge in [-0.1, -0.05) is 11.6 Å². The summed E-state index contributed by atoms with van der Waals surface area (Å²) in [5, 5.41) is 5.82. The lowest BCUT2D eigenvalue weighted by Crippen LogP contribution is -2.49. The zero-order chi connectivity index (χ0) is 17.9. The van der Waals surface area contributed by atoms with Crippen LogP contribution in [0, 0.1) is 0 Å². The van der Waals surface area contributed by atoms with Gasteiger partial charge in [0.25, 0.3) is 0 Å². The van der Waals surface area contributed by atoms with Gasteiger partial charge in [-0.15, -0.1) is 0 Å². The quantitative estimate of drug-likeness (QED) is 0.829. The highest BCUT2D eigenvalue weighted by molar-refractivity contribution is 7.89. The summed E-state index contributed by atoms with van der Waals surface area (Å²) in [5.41, 5.74) is 0. The van der Waals surface area contributed by atoms with Gasteiger partial charge in [0.2, 0.25) is 10.0 Å². The van der Waals surface area contributed by atoms with E-state index in [1.807, 2.05) is 0 Å². The van der Waals surface area contributed by atoms with E-state index in [2.05, 4.69) is 10.6 Å². The zero-order valence-electron chi connectivity index (χ0n) is 13.3. The van der Waals surface area contributed by atoms with Crippen LogP contribution >= 0.6 is 11.6 Å². The first kappa shape index (κ1) is 17.8. The molecule has 9 heteroatoms. The van der Waals surface area contributed by atoms with Gasteiger partial charge in [-0.05, 0) is 49.2 Å². The molecule has 0 unspecified atom stereocenters. The van der Waals surface area contributed by atoms with E-state index in [1.54, 1.807) is 12.1 Å². The lowest BCUT2D eigenvalue weighted by atomic mass is 10.3. The second kappa shape index (κ2) is 7.47. The number of benzene rings is 1. The molecule has 0 bridgehead atoms. The highest BCUT2D eigenvalue weighted by atomic mass is 35.5. The van der Waals surface area contributed by atoms with Crippen molar-refractivity contribution in [1.82, 2.24) is 14.9 Å². The summed E-state index contributed by atoms with van der Waals surface area (Å²) in [5.74, 6) is 0.618. The minimum Gasteiger partial charge on any atom is -0.467 e. The third-order valence-corrected chi connectivity index (χ3v) is 6.10. The Bertz CT molecular complexity index is 822. The maximum absolute atomic E-state index is 12.8. The molecule has 3 rings (SSSR count). The third-order valence-electron chi connectivity index (χ3n) is 3.92. The van der Waals surface area contributed by atoms with Crippen LogP contribution in [0.4, 0.5) is 4.79 Å². The van der Waals surface area contributed by atoms with Crippen LogP contribution in [0.15, 0.2) is 52.0 Å². The number of carbonyl (C=O) groups excluding carboxylic acids is 1. The average Bonchev–Trinajstić information content (AvgIpc) is 3.25. The van der Waals surface area contributed by atoms with E-state index >= 15 is 0 Å². The van der Waals surface area contributed by atoms with E-state index in [0.717, 1.165) is 0 Å².